The quantitative estimate of drug-likeness (QED) is 0.493. The molecular weight excluding hydrogens is 402 g/mol. The van der Waals surface area contributed by atoms with E-state index in [9.17, 15) is 25.9 Å². The first-order valence-electron chi connectivity index (χ1n) is 8.13. The predicted octanol–water partition coefficient (Wildman–Crippen LogP) is 3.49. The lowest BCUT2D eigenvalue weighted by molar-refractivity contribution is 0.482. The third kappa shape index (κ3) is 3.08. The molecule has 0 fully saturated rings. The van der Waals surface area contributed by atoms with Crippen molar-refractivity contribution >= 4 is 41.9 Å². The highest BCUT2D eigenvalue weighted by Gasteiger charge is 2.21. The molecule has 0 unspecified atom stereocenters. The lowest BCUT2D eigenvalue weighted by atomic mass is 10.1. The zero-order chi connectivity index (χ0) is 20.3. The van der Waals surface area contributed by atoms with Gasteiger partial charge in [0.2, 0.25) is 0 Å². The fourth-order valence-electron chi connectivity index (χ4n) is 3.38. The molecule has 0 aliphatic carbocycles. The summed E-state index contributed by atoms with van der Waals surface area (Å²) in [5.41, 5.74) is 2.58. The van der Waals surface area contributed by atoms with Crippen molar-refractivity contribution < 1.29 is 25.9 Å². The van der Waals surface area contributed by atoms with Crippen LogP contribution in [0.1, 0.15) is 0 Å². The normalized spacial score (nSPS) is 12.7. The zero-order valence-corrected chi connectivity index (χ0v) is 16.2. The molecule has 1 aromatic heterocycles. The van der Waals surface area contributed by atoms with Crippen molar-refractivity contribution in [1.82, 2.24) is 4.57 Å². The standard InChI is InChI=1S/C19H15NO6S2/c1-20-17(12-5-3-2-4-6-12)10-14-8-16-13(9-18(14)20)7-15(27(21,22)23)11-19(16)28(24,25)26/h2-11H,1H3,(H,21,22,23)(H,24,25,26). The van der Waals surface area contributed by atoms with E-state index in [0.717, 1.165) is 28.2 Å². The molecule has 0 atom stereocenters. The molecule has 0 aliphatic heterocycles. The van der Waals surface area contributed by atoms with Crippen LogP contribution in [0.25, 0.3) is 32.9 Å². The SMILES string of the molecule is Cn1c(-c2ccccc2)cc2cc3c(S(=O)(=O)O)cc(S(=O)(=O)O)cc3cc21. The molecule has 0 saturated carbocycles. The minimum Gasteiger partial charge on any atom is -0.344 e. The second-order valence-corrected chi connectivity index (χ2v) is 9.27. The summed E-state index contributed by atoms with van der Waals surface area (Å²) in [5.74, 6) is 0. The van der Waals surface area contributed by atoms with Crippen molar-refractivity contribution in [3.05, 3.63) is 60.7 Å². The molecule has 4 aromatic rings. The first-order valence-corrected chi connectivity index (χ1v) is 11.0. The van der Waals surface area contributed by atoms with Crippen LogP contribution in [0, 0.1) is 0 Å². The number of benzene rings is 3. The highest BCUT2D eigenvalue weighted by atomic mass is 32.2. The molecule has 0 saturated heterocycles. The Hall–Kier alpha value is -2.72. The number of rotatable bonds is 3. The Kier molecular flexibility index (Phi) is 4.09. The van der Waals surface area contributed by atoms with Crippen molar-refractivity contribution in [2.75, 3.05) is 0 Å². The van der Waals surface area contributed by atoms with Gasteiger partial charge in [0.25, 0.3) is 20.2 Å². The molecule has 3 aromatic carbocycles. The molecule has 7 nitrogen and oxygen atoms in total. The van der Waals surface area contributed by atoms with Crippen molar-refractivity contribution in [2.24, 2.45) is 7.05 Å². The molecule has 1 heterocycles. The van der Waals surface area contributed by atoms with Gasteiger partial charge in [-0.05, 0) is 41.3 Å². The van der Waals surface area contributed by atoms with Gasteiger partial charge in [0.05, 0.1) is 4.90 Å². The van der Waals surface area contributed by atoms with Crippen LogP contribution < -0.4 is 0 Å². The molecule has 144 valence electrons. The van der Waals surface area contributed by atoms with Crippen molar-refractivity contribution in [1.29, 1.82) is 0 Å². The van der Waals surface area contributed by atoms with Crippen molar-refractivity contribution in [2.45, 2.75) is 9.79 Å². The van der Waals surface area contributed by atoms with Gasteiger partial charge in [0.1, 0.15) is 4.90 Å². The summed E-state index contributed by atoms with van der Waals surface area (Å²) in [7, 11) is -7.54. The molecule has 0 spiro atoms. The summed E-state index contributed by atoms with van der Waals surface area (Å²) < 4.78 is 67.6. The molecule has 0 amide bonds. The number of nitrogens with zero attached hydrogens (tertiary/aromatic N) is 1. The van der Waals surface area contributed by atoms with Gasteiger partial charge in [0.15, 0.2) is 0 Å². The van der Waals surface area contributed by atoms with Gasteiger partial charge in [-0.15, -0.1) is 0 Å². The molecule has 4 rings (SSSR count). The predicted molar refractivity (Wildman–Crippen MR) is 105 cm³/mol. The maximum atomic E-state index is 11.8. The second-order valence-electron chi connectivity index (χ2n) is 6.46. The lowest BCUT2D eigenvalue weighted by Crippen LogP contribution is -2.04. The Labute approximate surface area is 161 Å². The Bertz CT molecular complexity index is 1450. The lowest BCUT2D eigenvalue weighted by Gasteiger charge is -2.08. The summed E-state index contributed by atoms with van der Waals surface area (Å²) >= 11 is 0. The summed E-state index contributed by atoms with van der Waals surface area (Å²) in [6.45, 7) is 0. The molecular formula is C19H15NO6S2. The van der Waals surface area contributed by atoms with E-state index in [4.69, 9.17) is 0 Å². The van der Waals surface area contributed by atoms with Crippen LogP contribution in [0.3, 0.4) is 0 Å². The number of aromatic nitrogens is 1. The number of hydrogen-bond acceptors (Lipinski definition) is 4. The Balaban J connectivity index is 2.12. The smallest absolute Gasteiger partial charge is 0.295 e. The van der Waals surface area contributed by atoms with Gasteiger partial charge < -0.3 is 4.57 Å². The van der Waals surface area contributed by atoms with E-state index in [0.29, 0.717) is 0 Å². The Morgan fingerprint density at radius 3 is 2.07 bits per heavy atom. The van der Waals surface area contributed by atoms with Gasteiger partial charge in [0, 0.05) is 29.0 Å². The minimum absolute atomic E-state index is 0.160. The van der Waals surface area contributed by atoms with E-state index in [1.54, 1.807) is 12.1 Å². The van der Waals surface area contributed by atoms with Gasteiger partial charge >= 0.3 is 0 Å². The summed E-state index contributed by atoms with van der Waals surface area (Å²) in [5, 5.41) is 1.14. The maximum absolute atomic E-state index is 11.8. The van der Waals surface area contributed by atoms with Crippen LogP contribution in [0.2, 0.25) is 0 Å². The van der Waals surface area contributed by atoms with Gasteiger partial charge in [-0.1, -0.05) is 30.3 Å². The van der Waals surface area contributed by atoms with Crippen LogP contribution in [0.15, 0.2) is 70.5 Å². The first-order chi connectivity index (χ1) is 13.1. The van der Waals surface area contributed by atoms with E-state index in [1.807, 2.05) is 48.0 Å². The molecule has 0 radical (unpaired) electrons. The van der Waals surface area contributed by atoms with Gasteiger partial charge in [-0.2, -0.15) is 16.8 Å². The van der Waals surface area contributed by atoms with Crippen LogP contribution >= 0.6 is 0 Å². The van der Waals surface area contributed by atoms with Gasteiger partial charge in [-0.25, -0.2) is 0 Å². The summed E-state index contributed by atoms with van der Waals surface area (Å²) in [6, 6.07) is 16.6. The molecule has 0 aliphatic rings. The highest BCUT2D eigenvalue weighted by Crippen LogP contribution is 2.34. The van der Waals surface area contributed by atoms with E-state index < -0.39 is 30.0 Å². The third-order valence-corrected chi connectivity index (χ3v) is 6.42. The van der Waals surface area contributed by atoms with E-state index in [-0.39, 0.29) is 10.8 Å². The third-order valence-electron chi connectivity index (χ3n) is 4.70. The maximum Gasteiger partial charge on any atom is 0.295 e. The average molecular weight is 417 g/mol. The molecule has 9 heteroatoms. The van der Waals surface area contributed by atoms with Crippen molar-refractivity contribution in [3.63, 3.8) is 0 Å². The van der Waals surface area contributed by atoms with E-state index in [2.05, 4.69) is 0 Å². The molecule has 28 heavy (non-hydrogen) atoms. The number of aryl methyl sites for hydroxylation is 1. The first kappa shape index (κ1) is 18.6. The highest BCUT2D eigenvalue weighted by molar-refractivity contribution is 7.86. The Morgan fingerprint density at radius 1 is 0.786 bits per heavy atom. The topological polar surface area (TPSA) is 114 Å². The van der Waals surface area contributed by atoms with Crippen molar-refractivity contribution in [3.8, 4) is 11.3 Å². The largest absolute Gasteiger partial charge is 0.344 e. The molecule has 0 bridgehead atoms. The Morgan fingerprint density at radius 2 is 1.46 bits per heavy atom. The summed E-state index contributed by atoms with van der Waals surface area (Å²) in [6.07, 6.45) is 0. The fourth-order valence-corrected chi connectivity index (χ4v) is 4.73. The second kappa shape index (κ2) is 6.14. The van der Waals surface area contributed by atoms with E-state index >= 15 is 0 Å². The van der Waals surface area contributed by atoms with Crippen LogP contribution in [-0.4, -0.2) is 30.5 Å². The average Bonchev–Trinajstić information content (AvgIpc) is 2.94. The summed E-state index contributed by atoms with van der Waals surface area (Å²) in [4.78, 5) is -1.19. The van der Waals surface area contributed by atoms with Crippen LogP contribution in [0.5, 0.6) is 0 Å². The fraction of sp³-hybridized carbons (Fsp3) is 0.0526. The van der Waals surface area contributed by atoms with Gasteiger partial charge in [-0.3, -0.25) is 9.11 Å². The van der Waals surface area contributed by atoms with Crippen LogP contribution in [0.4, 0.5) is 0 Å². The minimum atomic E-state index is -4.72. The number of hydrogen-bond donors (Lipinski definition) is 2. The zero-order valence-electron chi connectivity index (χ0n) is 14.6. The molecule has 2 N–H and O–H groups in total. The van der Waals surface area contributed by atoms with Crippen LogP contribution in [-0.2, 0) is 27.3 Å². The van der Waals surface area contributed by atoms with E-state index in [1.165, 1.54) is 6.07 Å². The monoisotopic (exact) mass is 417 g/mol. The number of fused-ring (bicyclic) bond motifs is 2.